The first-order valence-electron chi connectivity index (χ1n) is 6.30. The molecule has 0 spiro atoms. The first-order valence-corrected chi connectivity index (χ1v) is 6.67. The van der Waals surface area contributed by atoms with Gasteiger partial charge in [0.25, 0.3) is 0 Å². The monoisotopic (exact) mass is 300 g/mol. The Morgan fingerprint density at radius 2 is 2.10 bits per heavy atom. The van der Waals surface area contributed by atoms with Crippen LogP contribution in [-0.4, -0.2) is 25.3 Å². The zero-order valence-corrected chi connectivity index (χ0v) is 13.0. The average molecular weight is 301 g/mol. The number of carbonyl (C=O) groups excluding carboxylic acids is 1. The fourth-order valence-corrected chi connectivity index (χ4v) is 1.82. The summed E-state index contributed by atoms with van der Waals surface area (Å²) in [6.07, 6.45) is -0.512. The highest BCUT2D eigenvalue weighted by Gasteiger charge is 2.20. The Kier molecular flexibility index (Phi) is 5.65. The van der Waals surface area contributed by atoms with Crippen molar-refractivity contribution < 1.29 is 14.3 Å². The standard InChI is InChI=1S/C14H21ClN2O3/c1-14(2,3)20-13(18)17-11(8-16)9-5-6-10(15)12(7-9)19-4/h5-7,11H,8,16H2,1-4H3,(H,17,18). The molecule has 1 unspecified atom stereocenters. The van der Waals surface area contributed by atoms with Crippen molar-refractivity contribution in [2.75, 3.05) is 13.7 Å². The molecule has 1 rings (SSSR count). The van der Waals surface area contributed by atoms with Gasteiger partial charge in [-0.1, -0.05) is 17.7 Å². The van der Waals surface area contributed by atoms with Crippen LogP contribution in [0.25, 0.3) is 0 Å². The maximum Gasteiger partial charge on any atom is 0.408 e. The van der Waals surface area contributed by atoms with Crippen LogP contribution in [0.1, 0.15) is 32.4 Å². The lowest BCUT2D eigenvalue weighted by Crippen LogP contribution is -2.37. The molecule has 112 valence electrons. The molecule has 5 nitrogen and oxygen atoms in total. The third-order valence-corrected chi connectivity index (χ3v) is 2.82. The predicted octanol–water partition coefficient (Wildman–Crippen LogP) is 2.87. The van der Waals surface area contributed by atoms with E-state index in [4.69, 9.17) is 26.8 Å². The van der Waals surface area contributed by atoms with Gasteiger partial charge in [-0.3, -0.25) is 0 Å². The van der Waals surface area contributed by atoms with Crippen LogP contribution in [0, 0.1) is 0 Å². The second kappa shape index (κ2) is 6.81. The van der Waals surface area contributed by atoms with Crippen LogP contribution in [0.2, 0.25) is 5.02 Å². The van der Waals surface area contributed by atoms with E-state index in [0.29, 0.717) is 10.8 Å². The number of alkyl carbamates (subject to hydrolysis) is 1. The molecule has 1 aromatic carbocycles. The third kappa shape index (κ3) is 4.90. The minimum absolute atomic E-state index is 0.240. The van der Waals surface area contributed by atoms with Crippen LogP contribution in [0.5, 0.6) is 5.75 Å². The van der Waals surface area contributed by atoms with Crippen LogP contribution in [-0.2, 0) is 4.74 Å². The van der Waals surface area contributed by atoms with Crippen LogP contribution in [0.4, 0.5) is 4.79 Å². The van der Waals surface area contributed by atoms with Gasteiger partial charge in [-0.05, 0) is 38.5 Å². The first-order chi connectivity index (χ1) is 9.26. The summed E-state index contributed by atoms with van der Waals surface area (Å²) in [5.41, 5.74) is 5.95. The molecule has 0 aliphatic carbocycles. The summed E-state index contributed by atoms with van der Waals surface area (Å²) in [5.74, 6) is 0.536. The lowest BCUT2D eigenvalue weighted by Gasteiger charge is -2.23. The molecule has 0 aliphatic heterocycles. The summed E-state index contributed by atoms with van der Waals surface area (Å²) >= 11 is 5.97. The molecule has 1 aromatic rings. The van der Waals surface area contributed by atoms with Crippen molar-refractivity contribution in [2.45, 2.75) is 32.4 Å². The summed E-state index contributed by atoms with van der Waals surface area (Å²) in [6.45, 7) is 5.64. The Labute approximate surface area is 124 Å². The number of hydrogen-bond acceptors (Lipinski definition) is 4. The van der Waals surface area contributed by atoms with Crippen molar-refractivity contribution in [1.82, 2.24) is 5.32 Å². The second-order valence-electron chi connectivity index (χ2n) is 5.33. The highest BCUT2D eigenvalue weighted by atomic mass is 35.5. The van der Waals surface area contributed by atoms with E-state index in [9.17, 15) is 4.79 Å². The number of benzene rings is 1. The SMILES string of the molecule is COc1cc(C(CN)NC(=O)OC(C)(C)C)ccc1Cl. The molecule has 0 bridgehead atoms. The molecule has 0 saturated heterocycles. The molecule has 1 amide bonds. The molecule has 1 atom stereocenters. The first kappa shape index (κ1) is 16.6. The molecule has 6 heteroatoms. The van der Waals surface area contributed by atoms with E-state index < -0.39 is 11.7 Å². The van der Waals surface area contributed by atoms with Gasteiger partial charge in [-0.25, -0.2) is 4.79 Å². The van der Waals surface area contributed by atoms with Crippen LogP contribution >= 0.6 is 11.6 Å². The van der Waals surface area contributed by atoms with Crippen molar-refractivity contribution in [2.24, 2.45) is 5.73 Å². The van der Waals surface area contributed by atoms with Gasteiger partial charge in [0.15, 0.2) is 0 Å². The zero-order valence-electron chi connectivity index (χ0n) is 12.2. The van der Waals surface area contributed by atoms with Crippen LogP contribution < -0.4 is 15.8 Å². The minimum Gasteiger partial charge on any atom is -0.495 e. The van der Waals surface area contributed by atoms with Crippen LogP contribution in [0.15, 0.2) is 18.2 Å². The van der Waals surface area contributed by atoms with Gasteiger partial charge < -0.3 is 20.5 Å². The van der Waals surface area contributed by atoms with Gasteiger partial charge in [0, 0.05) is 6.54 Å². The molecule has 0 fully saturated rings. The van der Waals surface area contributed by atoms with E-state index in [-0.39, 0.29) is 12.6 Å². The quantitative estimate of drug-likeness (QED) is 0.896. The highest BCUT2D eigenvalue weighted by Crippen LogP contribution is 2.27. The molecular formula is C14H21ClN2O3. The zero-order chi connectivity index (χ0) is 15.3. The largest absolute Gasteiger partial charge is 0.495 e. The lowest BCUT2D eigenvalue weighted by atomic mass is 10.1. The summed E-state index contributed by atoms with van der Waals surface area (Å²) in [4.78, 5) is 11.8. The van der Waals surface area contributed by atoms with E-state index in [1.54, 1.807) is 39.0 Å². The van der Waals surface area contributed by atoms with E-state index in [1.807, 2.05) is 0 Å². The summed E-state index contributed by atoms with van der Waals surface area (Å²) < 4.78 is 10.4. The van der Waals surface area contributed by atoms with Crippen molar-refractivity contribution in [1.29, 1.82) is 0 Å². The van der Waals surface area contributed by atoms with Gasteiger partial charge in [-0.2, -0.15) is 0 Å². The van der Waals surface area contributed by atoms with Crippen molar-refractivity contribution in [3.8, 4) is 5.75 Å². The Bertz CT molecular complexity index is 472. The number of rotatable bonds is 4. The number of ether oxygens (including phenoxy) is 2. The predicted molar refractivity (Wildman–Crippen MR) is 79.2 cm³/mol. The number of nitrogens with two attached hydrogens (primary N) is 1. The molecule has 0 heterocycles. The van der Waals surface area contributed by atoms with Crippen molar-refractivity contribution in [3.63, 3.8) is 0 Å². The molecule has 0 saturated carbocycles. The highest BCUT2D eigenvalue weighted by molar-refractivity contribution is 6.32. The number of halogens is 1. The second-order valence-corrected chi connectivity index (χ2v) is 5.74. The Balaban J connectivity index is 2.83. The normalized spacial score (nSPS) is 12.7. The Morgan fingerprint density at radius 1 is 1.45 bits per heavy atom. The molecule has 0 aliphatic rings. The third-order valence-electron chi connectivity index (χ3n) is 2.50. The fraction of sp³-hybridized carbons (Fsp3) is 0.500. The van der Waals surface area contributed by atoms with Gasteiger partial charge in [-0.15, -0.1) is 0 Å². The molecule has 0 aromatic heterocycles. The Morgan fingerprint density at radius 3 is 2.60 bits per heavy atom. The minimum atomic E-state index is -0.555. The maximum absolute atomic E-state index is 11.8. The molecule has 3 N–H and O–H groups in total. The van der Waals surface area contributed by atoms with Crippen molar-refractivity contribution in [3.05, 3.63) is 28.8 Å². The summed E-state index contributed by atoms with van der Waals surface area (Å²) in [5, 5.41) is 3.23. The van der Waals surface area contributed by atoms with Gasteiger partial charge >= 0.3 is 6.09 Å². The maximum atomic E-state index is 11.8. The molecular weight excluding hydrogens is 280 g/mol. The van der Waals surface area contributed by atoms with Crippen molar-refractivity contribution >= 4 is 17.7 Å². The van der Waals surface area contributed by atoms with Gasteiger partial charge in [0.05, 0.1) is 18.2 Å². The number of amides is 1. The number of hydrogen-bond donors (Lipinski definition) is 2. The average Bonchev–Trinajstić information content (AvgIpc) is 2.34. The van der Waals surface area contributed by atoms with Gasteiger partial charge in [0.2, 0.25) is 0 Å². The summed E-state index contributed by atoms with van der Waals surface area (Å²) in [7, 11) is 1.53. The Hall–Kier alpha value is -1.46. The number of methoxy groups -OCH3 is 1. The number of nitrogens with one attached hydrogen (secondary N) is 1. The van der Waals surface area contributed by atoms with Crippen LogP contribution in [0.3, 0.4) is 0 Å². The number of carbonyl (C=O) groups is 1. The summed E-state index contributed by atoms with van der Waals surface area (Å²) in [6, 6.07) is 4.88. The lowest BCUT2D eigenvalue weighted by molar-refractivity contribution is 0.0505. The van der Waals surface area contributed by atoms with E-state index in [0.717, 1.165) is 5.56 Å². The fourth-order valence-electron chi connectivity index (χ4n) is 1.62. The smallest absolute Gasteiger partial charge is 0.408 e. The van der Waals surface area contributed by atoms with Gasteiger partial charge in [0.1, 0.15) is 11.4 Å². The van der Waals surface area contributed by atoms with E-state index in [1.165, 1.54) is 7.11 Å². The van der Waals surface area contributed by atoms with E-state index >= 15 is 0 Å². The molecule has 20 heavy (non-hydrogen) atoms. The topological polar surface area (TPSA) is 73.6 Å². The van der Waals surface area contributed by atoms with E-state index in [2.05, 4.69) is 5.32 Å². The molecule has 0 radical (unpaired) electrons.